The summed E-state index contributed by atoms with van der Waals surface area (Å²) in [5, 5.41) is 1.02. The summed E-state index contributed by atoms with van der Waals surface area (Å²) in [5.41, 5.74) is 2.64. The van der Waals surface area contributed by atoms with Crippen molar-refractivity contribution in [3.05, 3.63) is 64.4 Å². The first-order valence-electron chi connectivity index (χ1n) is 6.38. The van der Waals surface area contributed by atoms with Gasteiger partial charge in [0.25, 0.3) is 0 Å². The SMILES string of the molecule is Cc1ccc(C(Br)Cc2nc3ccccc3s2)c(F)c1. The van der Waals surface area contributed by atoms with Gasteiger partial charge in [-0.05, 0) is 30.7 Å². The van der Waals surface area contributed by atoms with E-state index < -0.39 is 0 Å². The number of benzene rings is 2. The largest absolute Gasteiger partial charge is 0.241 e. The van der Waals surface area contributed by atoms with Crippen LogP contribution in [0, 0.1) is 12.7 Å². The fourth-order valence-electron chi connectivity index (χ4n) is 2.16. The number of fused-ring (bicyclic) bond motifs is 1. The first-order valence-corrected chi connectivity index (χ1v) is 8.11. The second-order valence-electron chi connectivity index (χ2n) is 4.77. The van der Waals surface area contributed by atoms with Gasteiger partial charge in [0.15, 0.2) is 0 Å². The lowest BCUT2D eigenvalue weighted by Crippen LogP contribution is -1.98. The van der Waals surface area contributed by atoms with Crippen LogP contribution >= 0.6 is 27.3 Å². The van der Waals surface area contributed by atoms with Crippen LogP contribution in [0.2, 0.25) is 0 Å². The molecule has 20 heavy (non-hydrogen) atoms. The average molecular weight is 350 g/mol. The lowest BCUT2D eigenvalue weighted by molar-refractivity contribution is 0.606. The van der Waals surface area contributed by atoms with Gasteiger partial charge in [-0.3, -0.25) is 0 Å². The Kier molecular flexibility index (Phi) is 3.85. The number of aromatic nitrogens is 1. The minimum atomic E-state index is -0.159. The van der Waals surface area contributed by atoms with Crippen LogP contribution in [0.3, 0.4) is 0 Å². The molecule has 0 aliphatic carbocycles. The zero-order chi connectivity index (χ0) is 14.1. The van der Waals surface area contributed by atoms with Gasteiger partial charge in [0, 0.05) is 16.8 Å². The van der Waals surface area contributed by atoms with E-state index in [-0.39, 0.29) is 10.6 Å². The zero-order valence-corrected chi connectivity index (χ0v) is 13.3. The topological polar surface area (TPSA) is 12.9 Å². The molecule has 0 amide bonds. The Morgan fingerprint density at radius 1 is 1.25 bits per heavy atom. The molecule has 1 unspecified atom stereocenters. The second-order valence-corrected chi connectivity index (χ2v) is 6.99. The van der Waals surface area contributed by atoms with E-state index in [2.05, 4.69) is 27.0 Å². The third kappa shape index (κ3) is 2.76. The molecular formula is C16H13BrFNS. The fraction of sp³-hybridized carbons (Fsp3) is 0.188. The first kappa shape index (κ1) is 13.7. The van der Waals surface area contributed by atoms with Crippen molar-refractivity contribution in [1.82, 2.24) is 4.98 Å². The van der Waals surface area contributed by atoms with E-state index in [1.165, 1.54) is 4.70 Å². The van der Waals surface area contributed by atoms with Crippen molar-refractivity contribution in [3.63, 3.8) is 0 Å². The van der Waals surface area contributed by atoms with E-state index in [0.717, 1.165) is 16.1 Å². The van der Waals surface area contributed by atoms with Gasteiger partial charge in [-0.25, -0.2) is 9.37 Å². The summed E-state index contributed by atoms with van der Waals surface area (Å²) in [6.45, 7) is 1.89. The Balaban J connectivity index is 1.86. The minimum absolute atomic E-state index is 0.0522. The summed E-state index contributed by atoms with van der Waals surface area (Å²) in [6, 6.07) is 13.4. The highest BCUT2D eigenvalue weighted by atomic mass is 79.9. The van der Waals surface area contributed by atoms with E-state index in [0.29, 0.717) is 12.0 Å². The molecule has 1 atom stereocenters. The molecule has 0 bridgehead atoms. The van der Waals surface area contributed by atoms with Gasteiger partial charge in [0.05, 0.1) is 15.2 Å². The van der Waals surface area contributed by atoms with Gasteiger partial charge in [0.1, 0.15) is 5.82 Å². The smallest absolute Gasteiger partial charge is 0.127 e. The second kappa shape index (κ2) is 5.62. The quantitative estimate of drug-likeness (QED) is 0.575. The number of nitrogens with zero attached hydrogens (tertiary/aromatic N) is 1. The lowest BCUT2D eigenvalue weighted by atomic mass is 10.1. The van der Waals surface area contributed by atoms with Crippen LogP contribution in [-0.4, -0.2) is 4.98 Å². The molecule has 2 aromatic carbocycles. The third-order valence-corrected chi connectivity index (χ3v) is 5.06. The van der Waals surface area contributed by atoms with Crippen LogP contribution < -0.4 is 0 Å². The van der Waals surface area contributed by atoms with Crippen molar-refractivity contribution < 1.29 is 4.39 Å². The maximum Gasteiger partial charge on any atom is 0.127 e. The van der Waals surface area contributed by atoms with Gasteiger partial charge >= 0.3 is 0 Å². The molecule has 1 aromatic heterocycles. The van der Waals surface area contributed by atoms with Gasteiger partial charge in [-0.1, -0.05) is 40.2 Å². The van der Waals surface area contributed by atoms with Crippen LogP contribution in [-0.2, 0) is 6.42 Å². The van der Waals surface area contributed by atoms with Crippen molar-refractivity contribution in [2.24, 2.45) is 0 Å². The molecule has 0 radical (unpaired) electrons. The van der Waals surface area contributed by atoms with Crippen LogP contribution in [0.15, 0.2) is 42.5 Å². The Hall–Kier alpha value is -1.26. The van der Waals surface area contributed by atoms with E-state index in [4.69, 9.17) is 0 Å². The molecular weight excluding hydrogens is 337 g/mol. The lowest BCUT2D eigenvalue weighted by Gasteiger charge is -2.10. The molecule has 0 aliphatic rings. The number of halogens is 2. The van der Waals surface area contributed by atoms with Crippen molar-refractivity contribution in [2.45, 2.75) is 18.2 Å². The number of thiazole rings is 1. The summed E-state index contributed by atoms with van der Waals surface area (Å²) in [7, 11) is 0. The molecule has 102 valence electrons. The molecule has 0 spiro atoms. The number of rotatable bonds is 3. The fourth-order valence-corrected chi connectivity index (χ4v) is 4.06. The summed E-state index contributed by atoms with van der Waals surface area (Å²) < 4.78 is 15.1. The van der Waals surface area contributed by atoms with E-state index in [9.17, 15) is 4.39 Å². The van der Waals surface area contributed by atoms with Crippen LogP contribution in [0.25, 0.3) is 10.2 Å². The maximum atomic E-state index is 14.0. The van der Waals surface area contributed by atoms with Crippen molar-refractivity contribution in [2.75, 3.05) is 0 Å². The monoisotopic (exact) mass is 349 g/mol. The number of alkyl halides is 1. The van der Waals surface area contributed by atoms with Crippen molar-refractivity contribution in [1.29, 1.82) is 0 Å². The minimum Gasteiger partial charge on any atom is -0.241 e. The Morgan fingerprint density at radius 2 is 2.05 bits per heavy atom. The first-order chi connectivity index (χ1) is 9.63. The Labute approximate surface area is 129 Å². The molecule has 0 fully saturated rings. The molecule has 0 aliphatic heterocycles. The molecule has 1 nitrogen and oxygen atoms in total. The molecule has 1 heterocycles. The van der Waals surface area contributed by atoms with Crippen LogP contribution in [0.1, 0.15) is 21.0 Å². The summed E-state index contributed by atoms with van der Waals surface area (Å²) in [5.74, 6) is -0.159. The normalized spacial score (nSPS) is 12.8. The van der Waals surface area contributed by atoms with E-state index >= 15 is 0 Å². The summed E-state index contributed by atoms with van der Waals surface area (Å²) in [4.78, 5) is 4.54. The van der Waals surface area contributed by atoms with Gasteiger partial charge < -0.3 is 0 Å². The van der Waals surface area contributed by atoms with Gasteiger partial charge in [-0.15, -0.1) is 11.3 Å². The van der Waals surface area contributed by atoms with Crippen molar-refractivity contribution >= 4 is 37.5 Å². The number of aryl methyl sites for hydroxylation is 1. The molecule has 0 saturated heterocycles. The Bertz CT molecular complexity index is 720. The molecule has 3 rings (SSSR count). The van der Waals surface area contributed by atoms with Crippen LogP contribution in [0.5, 0.6) is 0 Å². The van der Waals surface area contributed by atoms with Crippen molar-refractivity contribution in [3.8, 4) is 0 Å². The van der Waals surface area contributed by atoms with E-state index in [1.807, 2.05) is 37.3 Å². The number of hydrogen-bond acceptors (Lipinski definition) is 2. The number of para-hydroxylation sites is 1. The third-order valence-electron chi connectivity index (χ3n) is 3.19. The molecule has 0 saturated carbocycles. The van der Waals surface area contributed by atoms with Gasteiger partial charge in [0.2, 0.25) is 0 Å². The van der Waals surface area contributed by atoms with Gasteiger partial charge in [-0.2, -0.15) is 0 Å². The predicted molar refractivity (Wildman–Crippen MR) is 86.1 cm³/mol. The average Bonchev–Trinajstić information content (AvgIpc) is 2.80. The summed E-state index contributed by atoms with van der Waals surface area (Å²) >= 11 is 5.25. The highest BCUT2D eigenvalue weighted by molar-refractivity contribution is 9.09. The van der Waals surface area contributed by atoms with E-state index in [1.54, 1.807) is 17.4 Å². The number of hydrogen-bond donors (Lipinski definition) is 0. The predicted octanol–water partition coefficient (Wildman–Crippen LogP) is 5.42. The van der Waals surface area contributed by atoms with Crippen LogP contribution in [0.4, 0.5) is 4.39 Å². The zero-order valence-electron chi connectivity index (χ0n) is 10.9. The molecule has 3 aromatic rings. The molecule has 0 N–H and O–H groups in total. The molecule has 4 heteroatoms. The standard InChI is InChI=1S/C16H13BrFNS/c1-10-6-7-11(13(18)8-10)12(17)9-16-19-14-4-2-3-5-15(14)20-16/h2-8,12H,9H2,1H3. The highest BCUT2D eigenvalue weighted by Gasteiger charge is 2.15. The highest BCUT2D eigenvalue weighted by Crippen LogP contribution is 2.32. The maximum absolute atomic E-state index is 14.0. The Morgan fingerprint density at radius 3 is 2.80 bits per heavy atom. The summed E-state index contributed by atoms with van der Waals surface area (Å²) in [6.07, 6.45) is 0.694.